The monoisotopic (exact) mass is 291 g/mol. The number of likely N-dealkylation sites (tertiary alicyclic amines) is 1. The first-order valence-corrected chi connectivity index (χ1v) is 8.77. The van der Waals surface area contributed by atoms with E-state index in [9.17, 15) is 4.79 Å². The van der Waals surface area contributed by atoms with E-state index in [4.69, 9.17) is 0 Å². The Morgan fingerprint density at radius 3 is 2.29 bits per heavy atom. The molecule has 1 aliphatic heterocycles. The van der Waals surface area contributed by atoms with Gasteiger partial charge in [-0.05, 0) is 50.5 Å². The number of nitrogens with zero attached hydrogens (tertiary/aromatic N) is 1. The summed E-state index contributed by atoms with van der Waals surface area (Å²) in [5.74, 6) is 1.69. The second-order valence-electron chi connectivity index (χ2n) is 8.10. The maximum absolute atomic E-state index is 13.0. The molecule has 2 rings (SSSR count). The van der Waals surface area contributed by atoms with Gasteiger partial charge in [0.15, 0.2) is 5.78 Å². The zero-order valence-electron chi connectivity index (χ0n) is 14.8. The van der Waals surface area contributed by atoms with Crippen molar-refractivity contribution >= 4 is 5.78 Å². The van der Waals surface area contributed by atoms with E-state index >= 15 is 0 Å². The van der Waals surface area contributed by atoms with Crippen LogP contribution in [0.2, 0.25) is 0 Å². The number of rotatable bonds is 7. The van der Waals surface area contributed by atoms with E-state index in [1.54, 1.807) is 0 Å². The van der Waals surface area contributed by atoms with Crippen LogP contribution in [0.4, 0.5) is 0 Å². The average molecular weight is 291 g/mol. The van der Waals surface area contributed by atoms with Gasteiger partial charge in [-0.2, -0.15) is 0 Å². The van der Waals surface area contributed by atoms with Crippen LogP contribution in [0.3, 0.4) is 0 Å². The number of carbonyl (C=O) groups excluding carboxylic acids is 1. The maximum Gasteiger partial charge on any atom is 0.164 e. The fourth-order valence-electron chi connectivity index (χ4n) is 3.46. The predicted molar refractivity (Wildman–Crippen MR) is 89.3 cm³/mol. The minimum atomic E-state index is -0.179. The lowest BCUT2D eigenvalue weighted by atomic mass is 9.66. The van der Waals surface area contributed by atoms with E-state index in [0.717, 1.165) is 32.4 Å². The highest BCUT2D eigenvalue weighted by Gasteiger charge is 2.46. The molecule has 2 nitrogen and oxygen atoms in total. The van der Waals surface area contributed by atoms with E-state index in [1.807, 2.05) is 0 Å². The Kier molecular flexibility index (Phi) is 4.97. The summed E-state index contributed by atoms with van der Waals surface area (Å²) in [6.45, 7) is 15.5. The molecule has 0 bridgehead atoms. The summed E-state index contributed by atoms with van der Waals surface area (Å²) in [7, 11) is 0. The van der Waals surface area contributed by atoms with E-state index in [-0.39, 0.29) is 5.41 Å². The summed E-state index contributed by atoms with van der Waals surface area (Å²) >= 11 is 0. The highest BCUT2D eigenvalue weighted by molar-refractivity contribution is 6.01. The van der Waals surface area contributed by atoms with Gasteiger partial charge in [-0.3, -0.25) is 4.79 Å². The second kappa shape index (κ2) is 6.24. The van der Waals surface area contributed by atoms with E-state index in [1.165, 1.54) is 17.6 Å². The molecule has 0 saturated carbocycles. The number of hydrogen-bond donors (Lipinski definition) is 0. The zero-order valence-corrected chi connectivity index (χ0v) is 14.8. The number of carbonyl (C=O) groups is 1. The van der Waals surface area contributed by atoms with Crippen molar-refractivity contribution < 1.29 is 4.79 Å². The van der Waals surface area contributed by atoms with Crippen LogP contribution < -0.4 is 0 Å². The first kappa shape index (κ1) is 16.7. The van der Waals surface area contributed by atoms with Gasteiger partial charge in [-0.15, -0.1) is 0 Å². The third-order valence-corrected chi connectivity index (χ3v) is 5.92. The van der Waals surface area contributed by atoms with Crippen molar-refractivity contribution in [2.24, 2.45) is 17.3 Å². The predicted octanol–water partition coefficient (Wildman–Crippen LogP) is 4.45. The fraction of sp³-hybridized carbons (Fsp3) is 0.842. The second-order valence-corrected chi connectivity index (χ2v) is 8.10. The van der Waals surface area contributed by atoms with Gasteiger partial charge < -0.3 is 4.90 Å². The van der Waals surface area contributed by atoms with Crippen LogP contribution in [0.1, 0.15) is 67.2 Å². The van der Waals surface area contributed by atoms with Crippen LogP contribution in [-0.4, -0.2) is 29.8 Å². The molecule has 1 unspecified atom stereocenters. The Hall–Kier alpha value is -0.630. The zero-order chi connectivity index (χ0) is 15.8. The van der Waals surface area contributed by atoms with E-state index < -0.39 is 0 Å². The Bertz CT molecular complexity index is 427. The molecule has 0 aromatic heterocycles. The molecule has 0 spiro atoms. The van der Waals surface area contributed by atoms with Gasteiger partial charge in [0.2, 0.25) is 0 Å². The number of allylic oxidation sites excluding steroid dienone is 2. The number of hydrogen-bond acceptors (Lipinski definition) is 2. The Labute approximate surface area is 131 Å². The van der Waals surface area contributed by atoms with Crippen molar-refractivity contribution in [3.8, 4) is 0 Å². The smallest absolute Gasteiger partial charge is 0.164 e. The molecule has 2 heteroatoms. The normalized spacial score (nSPS) is 22.2. The Morgan fingerprint density at radius 1 is 1.24 bits per heavy atom. The molecule has 1 aliphatic carbocycles. The topological polar surface area (TPSA) is 20.3 Å². The molecule has 2 aliphatic rings. The van der Waals surface area contributed by atoms with Crippen LogP contribution >= 0.6 is 0 Å². The Morgan fingerprint density at radius 2 is 1.86 bits per heavy atom. The molecule has 1 fully saturated rings. The van der Waals surface area contributed by atoms with Gasteiger partial charge in [-0.25, -0.2) is 0 Å². The lowest BCUT2D eigenvalue weighted by molar-refractivity contribution is -0.131. The average Bonchev–Trinajstić information content (AvgIpc) is 2.31. The SMILES string of the molecule is CCC(C)CC1=C(C(=O)C(C)(C)C2CN(C(C)C)C2)CC1. The van der Waals surface area contributed by atoms with Crippen molar-refractivity contribution in [2.75, 3.05) is 13.1 Å². The fourth-order valence-corrected chi connectivity index (χ4v) is 3.46. The summed E-state index contributed by atoms with van der Waals surface area (Å²) in [6, 6.07) is 0.607. The van der Waals surface area contributed by atoms with Gasteiger partial charge >= 0.3 is 0 Å². The largest absolute Gasteiger partial charge is 0.300 e. The van der Waals surface area contributed by atoms with Crippen molar-refractivity contribution in [3.63, 3.8) is 0 Å². The van der Waals surface area contributed by atoms with Crippen LogP contribution in [0.5, 0.6) is 0 Å². The minimum absolute atomic E-state index is 0.179. The van der Waals surface area contributed by atoms with E-state index in [2.05, 4.69) is 46.4 Å². The Balaban J connectivity index is 2.01. The highest BCUT2D eigenvalue weighted by atomic mass is 16.1. The molecule has 0 radical (unpaired) electrons. The third kappa shape index (κ3) is 3.26. The number of Topliss-reactive ketones (excluding diaryl/α,β-unsaturated/α-hetero) is 1. The molecule has 0 amide bonds. The molecule has 21 heavy (non-hydrogen) atoms. The summed E-state index contributed by atoms with van der Waals surface area (Å²) in [5.41, 5.74) is 2.47. The first-order valence-electron chi connectivity index (χ1n) is 8.77. The van der Waals surface area contributed by atoms with Crippen LogP contribution in [-0.2, 0) is 4.79 Å². The summed E-state index contributed by atoms with van der Waals surface area (Å²) in [4.78, 5) is 15.4. The van der Waals surface area contributed by atoms with Crippen molar-refractivity contribution in [1.29, 1.82) is 0 Å². The third-order valence-electron chi connectivity index (χ3n) is 5.92. The summed E-state index contributed by atoms with van der Waals surface area (Å²) in [5, 5.41) is 0. The maximum atomic E-state index is 13.0. The lowest BCUT2D eigenvalue weighted by Gasteiger charge is -2.49. The van der Waals surface area contributed by atoms with Crippen LogP contribution in [0.15, 0.2) is 11.1 Å². The van der Waals surface area contributed by atoms with Crippen molar-refractivity contribution in [2.45, 2.75) is 73.3 Å². The van der Waals surface area contributed by atoms with Crippen molar-refractivity contribution in [3.05, 3.63) is 11.1 Å². The first-order chi connectivity index (χ1) is 9.77. The molecular formula is C19H33NO. The number of ketones is 1. The molecule has 1 atom stereocenters. The summed E-state index contributed by atoms with van der Waals surface area (Å²) in [6.07, 6.45) is 4.52. The van der Waals surface area contributed by atoms with Crippen molar-refractivity contribution in [1.82, 2.24) is 4.90 Å². The van der Waals surface area contributed by atoms with Gasteiger partial charge in [0.1, 0.15) is 0 Å². The molecular weight excluding hydrogens is 258 g/mol. The molecule has 1 heterocycles. The molecule has 120 valence electrons. The van der Waals surface area contributed by atoms with Gasteiger partial charge in [-0.1, -0.05) is 39.7 Å². The standard InChI is InChI=1S/C19H33NO/c1-7-14(4)10-15-8-9-17(15)18(21)19(5,6)16-11-20(12-16)13(2)3/h13-14,16H,7-12H2,1-6H3. The van der Waals surface area contributed by atoms with E-state index in [0.29, 0.717) is 23.7 Å². The van der Waals surface area contributed by atoms with Gasteiger partial charge in [0.25, 0.3) is 0 Å². The molecule has 0 N–H and O–H groups in total. The lowest BCUT2D eigenvalue weighted by Crippen LogP contribution is -2.57. The quantitative estimate of drug-likeness (QED) is 0.691. The highest BCUT2D eigenvalue weighted by Crippen LogP contribution is 2.43. The van der Waals surface area contributed by atoms with Crippen LogP contribution in [0, 0.1) is 17.3 Å². The molecule has 0 aromatic rings. The molecule has 0 aromatic carbocycles. The summed E-state index contributed by atoms with van der Waals surface area (Å²) < 4.78 is 0. The van der Waals surface area contributed by atoms with Gasteiger partial charge in [0, 0.05) is 24.5 Å². The van der Waals surface area contributed by atoms with Crippen LogP contribution in [0.25, 0.3) is 0 Å². The minimum Gasteiger partial charge on any atom is -0.300 e. The molecule has 1 saturated heterocycles. The van der Waals surface area contributed by atoms with Gasteiger partial charge in [0.05, 0.1) is 0 Å².